The molecule has 3 nitrogen and oxygen atoms in total. The number of benzene rings is 2. The van der Waals surface area contributed by atoms with Crippen molar-refractivity contribution in [3.8, 4) is 5.75 Å². The Morgan fingerprint density at radius 2 is 1.85 bits per heavy atom. The molecule has 0 unspecified atom stereocenters. The van der Waals surface area contributed by atoms with Crippen molar-refractivity contribution in [3.63, 3.8) is 0 Å². The summed E-state index contributed by atoms with van der Waals surface area (Å²) in [6.45, 7) is 1.30. The van der Waals surface area contributed by atoms with Gasteiger partial charge in [0.2, 0.25) is 0 Å². The van der Waals surface area contributed by atoms with Gasteiger partial charge in [-0.1, -0.05) is 30.3 Å². The third-order valence-electron chi connectivity index (χ3n) is 3.84. The van der Waals surface area contributed by atoms with Gasteiger partial charge in [0.05, 0.1) is 5.56 Å². The molecule has 0 radical (unpaired) electrons. The number of nitrogens with zero attached hydrogens (tertiary/aromatic N) is 1. The molecule has 0 spiro atoms. The minimum atomic E-state index is -0.114. The topological polar surface area (TPSA) is 40.5 Å². The highest BCUT2D eigenvalue weighted by atomic mass is 35.5. The number of hydrogen-bond acceptors (Lipinski definition) is 2. The van der Waals surface area contributed by atoms with E-state index in [2.05, 4.69) is 0 Å². The maximum Gasteiger partial charge on any atom is 0.257 e. The molecule has 1 aliphatic heterocycles. The predicted octanol–water partition coefficient (Wildman–Crippen LogP) is 3.39. The molecule has 1 fully saturated rings. The summed E-state index contributed by atoms with van der Waals surface area (Å²) in [5.41, 5.74) is 0.372. The highest BCUT2D eigenvalue weighted by molar-refractivity contribution is 6.20. The molecule has 0 bridgehead atoms. The van der Waals surface area contributed by atoms with Crippen molar-refractivity contribution >= 4 is 28.3 Å². The van der Waals surface area contributed by atoms with Crippen LogP contribution in [0, 0.1) is 0 Å². The summed E-state index contributed by atoms with van der Waals surface area (Å²) in [6.07, 6.45) is 1.61. The molecule has 1 N–H and O–H groups in total. The molecule has 20 heavy (non-hydrogen) atoms. The van der Waals surface area contributed by atoms with Gasteiger partial charge in [0.1, 0.15) is 5.75 Å². The molecular formula is C16H16ClNO2. The maximum absolute atomic E-state index is 12.5. The molecule has 0 aromatic heterocycles. The fraction of sp³-hybridized carbons (Fsp3) is 0.312. The second kappa shape index (κ2) is 5.33. The van der Waals surface area contributed by atoms with E-state index >= 15 is 0 Å². The molecule has 0 atom stereocenters. The van der Waals surface area contributed by atoms with Gasteiger partial charge in [-0.25, -0.2) is 0 Å². The molecule has 3 rings (SSSR count). The molecule has 1 amide bonds. The standard InChI is InChI=1S/C16H16ClNO2/c17-12-7-9-18(10-8-12)16(20)14-6-5-11-3-1-2-4-13(11)15(14)19/h1-6,12,19H,7-10H2. The van der Waals surface area contributed by atoms with Gasteiger partial charge in [-0.3, -0.25) is 4.79 Å². The Morgan fingerprint density at radius 1 is 1.15 bits per heavy atom. The molecule has 1 saturated heterocycles. The zero-order valence-corrected chi connectivity index (χ0v) is 11.8. The Balaban J connectivity index is 1.94. The molecule has 2 aromatic rings. The van der Waals surface area contributed by atoms with Crippen LogP contribution in [-0.4, -0.2) is 34.4 Å². The zero-order chi connectivity index (χ0) is 14.1. The van der Waals surface area contributed by atoms with E-state index < -0.39 is 0 Å². The number of carbonyl (C=O) groups excluding carboxylic acids is 1. The van der Waals surface area contributed by atoms with Crippen LogP contribution in [0.5, 0.6) is 5.75 Å². The maximum atomic E-state index is 12.5. The predicted molar refractivity (Wildman–Crippen MR) is 80.4 cm³/mol. The van der Waals surface area contributed by atoms with Crippen LogP contribution >= 0.6 is 11.6 Å². The second-order valence-corrected chi connectivity index (χ2v) is 5.77. The Bertz CT molecular complexity index is 648. The third-order valence-corrected chi connectivity index (χ3v) is 4.28. The average Bonchev–Trinajstić information content (AvgIpc) is 2.48. The number of amides is 1. The van der Waals surface area contributed by atoms with E-state index in [0.717, 1.165) is 18.2 Å². The van der Waals surface area contributed by atoms with E-state index in [4.69, 9.17) is 11.6 Å². The Morgan fingerprint density at radius 3 is 2.60 bits per heavy atom. The smallest absolute Gasteiger partial charge is 0.257 e. The van der Waals surface area contributed by atoms with Crippen molar-refractivity contribution in [2.75, 3.05) is 13.1 Å². The largest absolute Gasteiger partial charge is 0.506 e. The van der Waals surface area contributed by atoms with Gasteiger partial charge in [0.25, 0.3) is 5.91 Å². The monoisotopic (exact) mass is 289 g/mol. The summed E-state index contributed by atoms with van der Waals surface area (Å²) in [6, 6.07) is 11.1. The lowest BCUT2D eigenvalue weighted by molar-refractivity contribution is 0.0724. The van der Waals surface area contributed by atoms with Crippen molar-refractivity contribution in [3.05, 3.63) is 42.0 Å². The normalized spacial score (nSPS) is 16.6. The summed E-state index contributed by atoms with van der Waals surface area (Å²) in [7, 11) is 0. The number of aromatic hydroxyl groups is 1. The minimum Gasteiger partial charge on any atom is -0.506 e. The lowest BCUT2D eigenvalue weighted by atomic mass is 10.0. The van der Waals surface area contributed by atoms with E-state index in [9.17, 15) is 9.90 Å². The van der Waals surface area contributed by atoms with E-state index in [1.54, 1.807) is 11.0 Å². The molecule has 104 valence electrons. The van der Waals surface area contributed by atoms with Crippen LogP contribution in [0.25, 0.3) is 10.8 Å². The fourth-order valence-electron chi connectivity index (χ4n) is 2.65. The van der Waals surface area contributed by atoms with E-state index in [-0.39, 0.29) is 17.0 Å². The van der Waals surface area contributed by atoms with Crippen molar-refractivity contribution in [2.24, 2.45) is 0 Å². The Hall–Kier alpha value is -1.74. The van der Waals surface area contributed by atoms with Gasteiger partial charge in [0, 0.05) is 23.9 Å². The highest BCUT2D eigenvalue weighted by Gasteiger charge is 2.24. The van der Waals surface area contributed by atoms with Crippen LogP contribution < -0.4 is 0 Å². The number of fused-ring (bicyclic) bond motifs is 1. The van der Waals surface area contributed by atoms with Gasteiger partial charge in [0.15, 0.2) is 0 Å². The molecule has 4 heteroatoms. The Kier molecular flexibility index (Phi) is 3.53. The van der Waals surface area contributed by atoms with Crippen LogP contribution in [-0.2, 0) is 0 Å². The molecule has 0 aliphatic carbocycles. The number of phenols is 1. The average molecular weight is 290 g/mol. The first-order valence-electron chi connectivity index (χ1n) is 6.81. The van der Waals surface area contributed by atoms with E-state index in [0.29, 0.717) is 24.0 Å². The van der Waals surface area contributed by atoms with Gasteiger partial charge in [-0.2, -0.15) is 0 Å². The summed E-state index contributed by atoms with van der Waals surface area (Å²) >= 11 is 6.05. The fourth-order valence-corrected chi connectivity index (χ4v) is 2.84. The second-order valence-electron chi connectivity index (χ2n) is 5.15. The quantitative estimate of drug-likeness (QED) is 0.818. The number of piperidine rings is 1. The number of phenolic OH excluding ortho intramolecular Hbond substituents is 1. The number of alkyl halides is 1. The van der Waals surface area contributed by atoms with Crippen LogP contribution in [0.2, 0.25) is 0 Å². The van der Waals surface area contributed by atoms with Gasteiger partial charge in [-0.15, -0.1) is 11.6 Å². The Labute approximate surface area is 122 Å². The van der Waals surface area contributed by atoms with Crippen molar-refractivity contribution < 1.29 is 9.90 Å². The van der Waals surface area contributed by atoms with Gasteiger partial charge in [-0.05, 0) is 24.3 Å². The lowest BCUT2D eigenvalue weighted by Crippen LogP contribution is -2.38. The van der Waals surface area contributed by atoms with E-state index in [1.807, 2.05) is 30.3 Å². The number of carbonyl (C=O) groups is 1. The van der Waals surface area contributed by atoms with Crippen LogP contribution in [0.1, 0.15) is 23.2 Å². The summed E-state index contributed by atoms with van der Waals surface area (Å²) in [5.74, 6) is -0.0436. The minimum absolute atomic E-state index is 0.0705. The highest BCUT2D eigenvalue weighted by Crippen LogP contribution is 2.30. The lowest BCUT2D eigenvalue weighted by Gasteiger charge is -2.29. The molecule has 0 saturated carbocycles. The first-order chi connectivity index (χ1) is 9.66. The summed E-state index contributed by atoms with van der Waals surface area (Å²) in [4.78, 5) is 14.3. The number of halogens is 1. The van der Waals surface area contributed by atoms with E-state index in [1.165, 1.54) is 0 Å². The first kappa shape index (κ1) is 13.3. The third kappa shape index (κ3) is 2.34. The van der Waals surface area contributed by atoms with Crippen LogP contribution in [0.3, 0.4) is 0 Å². The van der Waals surface area contributed by atoms with Crippen molar-refractivity contribution in [2.45, 2.75) is 18.2 Å². The summed E-state index contributed by atoms with van der Waals surface area (Å²) in [5, 5.41) is 12.1. The molecule has 1 aliphatic rings. The van der Waals surface area contributed by atoms with Gasteiger partial charge >= 0.3 is 0 Å². The number of rotatable bonds is 1. The number of hydrogen-bond donors (Lipinski definition) is 1. The van der Waals surface area contributed by atoms with Crippen molar-refractivity contribution in [1.82, 2.24) is 4.90 Å². The first-order valence-corrected chi connectivity index (χ1v) is 7.24. The SMILES string of the molecule is O=C(c1ccc2ccccc2c1O)N1CCC(Cl)CC1. The number of likely N-dealkylation sites (tertiary alicyclic amines) is 1. The van der Waals surface area contributed by atoms with Gasteiger partial charge < -0.3 is 10.0 Å². The van der Waals surface area contributed by atoms with Crippen molar-refractivity contribution in [1.29, 1.82) is 0 Å². The zero-order valence-electron chi connectivity index (χ0n) is 11.1. The summed E-state index contributed by atoms with van der Waals surface area (Å²) < 4.78 is 0. The molecule has 2 aromatic carbocycles. The molecule has 1 heterocycles. The van der Waals surface area contributed by atoms with Crippen LogP contribution in [0.15, 0.2) is 36.4 Å². The van der Waals surface area contributed by atoms with Crippen LogP contribution in [0.4, 0.5) is 0 Å². The molecular weight excluding hydrogens is 274 g/mol.